The summed E-state index contributed by atoms with van der Waals surface area (Å²) in [6, 6.07) is 9.39. The quantitative estimate of drug-likeness (QED) is 0.784. The molecule has 1 fully saturated rings. The highest BCUT2D eigenvalue weighted by atomic mass is 32.1. The van der Waals surface area contributed by atoms with Gasteiger partial charge in [-0.15, -0.1) is 11.3 Å². The molecule has 0 saturated heterocycles. The molecule has 0 aliphatic heterocycles. The molecule has 1 aliphatic rings. The number of hydrogen-bond acceptors (Lipinski definition) is 5. The predicted molar refractivity (Wildman–Crippen MR) is 81.3 cm³/mol. The lowest BCUT2D eigenvalue weighted by atomic mass is 10.0. The summed E-state index contributed by atoms with van der Waals surface area (Å²) in [4.78, 5) is 13.6. The van der Waals surface area contributed by atoms with E-state index in [0.717, 1.165) is 17.7 Å². The highest BCUT2D eigenvalue weighted by molar-refractivity contribution is 7.09. The van der Waals surface area contributed by atoms with Gasteiger partial charge < -0.3 is 14.3 Å². The lowest BCUT2D eigenvalue weighted by molar-refractivity contribution is -0.123. The van der Waals surface area contributed by atoms with Crippen LogP contribution in [0.15, 0.2) is 50.9 Å². The van der Waals surface area contributed by atoms with Crippen LogP contribution in [0.3, 0.4) is 0 Å². The number of aromatic nitrogens is 1. The minimum absolute atomic E-state index is 0.0141. The third-order valence-electron chi connectivity index (χ3n) is 3.95. The molecule has 6 heteroatoms. The lowest BCUT2D eigenvalue weighted by Gasteiger charge is -2.11. The fraction of sp³-hybridized carbons (Fsp3) is 0.250. The molecular weight excluding hydrogens is 300 g/mol. The van der Waals surface area contributed by atoms with Gasteiger partial charge in [-0.3, -0.25) is 4.79 Å². The van der Waals surface area contributed by atoms with E-state index in [1.165, 1.54) is 0 Å². The van der Waals surface area contributed by atoms with E-state index in [9.17, 15) is 4.79 Å². The van der Waals surface area contributed by atoms with E-state index in [-0.39, 0.29) is 5.91 Å². The van der Waals surface area contributed by atoms with Gasteiger partial charge in [-0.05, 0) is 36.4 Å². The maximum Gasteiger partial charge on any atom is 0.232 e. The van der Waals surface area contributed by atoms with Crippen molar-refractivity contribution >= 4 is 17.2 Å². The van der Waals surface area contributed by atoms with Gasteiger partial charge >= 0.3 is 0 Å². The van der Waals surface area contributed by atoms with Crippen molar-refractivity contribution in [2.45, 2.75) is 24.8 Å². The van der Waals surface area contributed by atoms with Crippen molar-refractivity contribution in [3.63, 3.8) is 0 Å². The van der Waals surface area contributed by atoms with Crippen molar-refractivity contribution in [3.05, 3.63) is 52.5 Å². The molecule has 0 radical (unpaired) electrons. The summed E-state index contributed by atoms with van der Waals surface area (Å²) in [6.45, 7) is 0.557. The monoisotopic (exact) mass is 314 g/mol. The average molecular weight is 314 g/mol. The molecule has 0 bridgehead atoms. The van der Waals surface area contributed by atoms with E-state index >= 15 is 0 Å². The van der Waals surface area contributed by atoms with Gasteiger partial charge in [0.25, 0.3) is 0 Å². The van der Waals surface area contributed by atoms with Crippen LogP contribution in [0.25, 0.3) is 11.5 Å². The number of hydrogen-bond donors (Lipinski definition) is 1. The standard InChI is InChI=1S/C16H14N2O3S/c19-15(17-10-11-3-2-8-22-11)16(5-6-16)14-9-13(21-18-14)12-4-1-7-20-12/h1-4,7-9H,5-6,10H2,(H,17,19). The first kappa shape index (κ1) is 13.3. The minimum atomic E-state index is -0.536. The first-order valence-electron chi connectivity index (χ1n) is 7.10. The Morgan fingerprint density at radius 1 is 1.32 bits per heavy atom. The zero-order chi connectivity index (χ0) is 15.0. The second-order valence-electron chi connectivity index (χ2n) is 5.40. The molecule has 112 valence electrons. The summed E-state index contributed by atoms with van der Waals surface area (Å²) in [5, 5.41) is 9.08. The highest BCUT2D eigenvalue weighted by Gasteiger charge is 2.53. The first-order valence-corrected chi connectivity index (χ1v) is 7.98. The Morgan fingerprint density at radius 3 is 2.91 bits per heavy atom. The molecule has 22 heavy (non-hydrogen) atoms. The summed E-state index contributed by atoms with van der Waals surface area (Å²) in [5.41, 5.74) is 0.147. The summed E-state index contributed by atoms with van der Waals surface area (Å²) in [6.07, 6.45) is 3.18. The van der Waals surface area contributed by atoms with Gasteiger partial charge in [0.05, 0.1) is 23.9 Å². The van der Waals surface area contributed by atoms with Crippen molar-refractivity contribution in [2.75, 3.05) is 0 Å². The number of carbonyl (C=O) groups excluding carboxylic acids is 1. The van der Waals surface area contributed by atoms with E-state index in [4.69, 9.17) is 8.94 Å². The highest BCUT2D eigenvalue weighted by Crippen LogP contribution is 2.48. The van der Waals surface area contributed by atoms with Crippen molar-refractivity contribution in [3.8, 4) is 11.5 Å². The Balaban J connectivity index is 1.50. The van der Waals surface area contributed by atoms with Crippen LogP contribution in [0.1, 0.15) is 23.4 Å². The van der Waals surface area contributed by atoms with Crippen molar-refractivity contribution in [2.24, 2.45) is 0 Å². The average Bonchev–Trinajstić information content (AvgIpc) is 3.04. The minimum Gasteiger partial charge on any atom is -0.461 e. The second kappa shape index (κ2) is 5.14. The van der Waals surface area contributed by atoms with Gasteiger partial charge in [0.1, 0.15) is 0 Å². The van der Waals surface area contributed by atoms with Crippen molar-refractivity contribution in [1.82, 2.24) is 10.5 Å². The Kier molecular flexibility index (Phi) is 3.11. The van der Waals surface area contributed by atoms with Crippen LogP contribution in [0.2, 0.25) is 0 Å². The predicted octanol–water partition coefficient (Wildman–Crippen LogP) is 3.34. The Bertz CT molecular complexity index is 770. The molecule has 0 unspecified atom stereocenters. The van der Waals surface area contributed by atoms with Crippen LogP contribution in [0, 0.1) is 0 Å². The normalized spacial score (nSPS) is 15.6. The third kappa shape index (κ3) is 2.25. The molecule has 5 nitrogen and oxygen atoms in total. The molecule has 1 aliphatic carbocycles. The number of furan rings is 1. The maximum absolute atomic E-state index is 12.5. The number of rotatable bonds is 5. The molecule has 4 rings (SSSR count). The number of nitrogens with one attached hydrogen (secondary N) is 1. The Labute approximate surface area is 130 Å². The molecule has 1 saturated carbocycles. The molecule has 3 heterocycles. The molecule has 1 N–H and O–H groups in total. The van der Waals surface area contributed by atoms with E-state index in [1.807, 2.05) is 17.5 Å². The van der Waals surface area contributed by atoms with E-state index in [2.05, 4.69) is 10.5 Å². The zero-order valence-electron chi connectivity index (χ0n) is 11.7. The van der Waals surface area contributed by atoms with Gasteiger partial charge in [0, 0.05) is 10.9 Å². The van der Waals surface area contributed by atoms with Crippen LogP contribution in [-0.2, 0) is 16.8 Å². The summed E-state index contributed by atoms with van der Waals surface area (Å²) in [5.74, 6) is 1.19. The van der Waals surface area contributed by atoms with Gasteiger partial charge in [0.2, 0.25) is 11.7 Å². The van der Waals surface area contributed by atoms with E-state index < -0.39 is 5.41 Å². The van der Waals surface area contributed by atoms with Crippen LogP contribution >= 0.6 is 11.3 Å². The molecule has 1 amide bonds. The topological polar surface area (TPSA) is 68.3 Å². The van der Waals surface area contributed by atoms with E-state index in [0.29, 0.717) is 23.8 Å². The first-order chi connectivity index (χ1) is 10.8. The number of amides is 1. The van der Waals surface area contributed by atoms with Crippen molar-refractivity contribution < 1.29 is 13.7 Å². The molecule has 0 atom stereocenters. The van der Waals surface area contributed by atoms with Crippen LogP contribution in [0.4, 0.5) is 0 Å². The van der Waals surface area contributed by atoms with E-state index in [1.54, 1.807) is 35.8 Å². The van der Waals surface area contributed by atoms with Gasteiger partial charge in [-0.1, -0.05) is 11.2 Å². The molecule has 3 aromatic heterocycles. The van der Waals surface area contributed by atoms with Crippen molar-refractivity contribution in [1.29, 1.82) is 0 Å². The van der Waals surface area contributed by atoms with Crippen LogP contribution in [-0.4, -0.2) is 11.1 Å². The number of thiophene rings is 1. The number of carbonyl (C=O) groups is 1. The van der Waals surface area contributed by atoms with Crippen LogP contribution in [0.5, 0.6) is 0 Å². The number of nitrogens with zero attached hydrogens (tertiary/aromatic N) is 1. The SMILES string of the molecule is O=C(NCc1cccs1)C1(c2cc(-c3ccco3)on2)CC1. The fourth-order valence-electron chi connectivity index (χ4n) is 2.51. The fourth-order valence-corrected chi connectivity index (χ4v) is 3.15. The smallest absolute Gasteiger partial charge is 0.232 e. The molecule has 0 spiro atoms. The summed E-state index contributed by atoms with van der Waals surface area (Å²) in [7, 11) is 0. The summed E-state index contributed by atoms with van der Waals surface area (Å²) < 4.78 is 10.6. The largest absolute Gasteiger partial charge is 0.461 e. The summed E-state index contributed by atoms with van der Waals surface area (Å²) >= 11 is 1.63. The molecule has 0 aromatic carbocycles. The van der Waals surface area contributed by atoms with Gasteiger partial charge in [-0.25, -0.2) is 0 Å². The second-order valence-corrected chi connectivity index (χ2v) is 6.43. The zero-order valence-corrected chi connectivity index (χ0v) is 12.6. The maximum atomic E-state index is 12.5. The lowest BCUT2D eigenvalue weighted by Crippen LogP contribution is -2.34. The molecule has 3 aromatic rings. The third-order valence-corrected chi connectivity index (χ3v) is 4.83. The molecular formula is C16H14N2O3S. The van der Waals surface area contributed by atoms with Crippen LogP contribution < -0.4 is 5.32 Å². The Hall–Kier alpha value is -2.34. The van der Waals surface area contributed by atoms with Gasteiger partial charge in [-0.2, -0.15) is 0 Å². The van der Waals surface area contributed by atoms with Gasteiger partial charge in [0.15, 0.2) is 5.76 Å². The Morgan fingerprint density at radius 2 is 2.23 bits per heavy atom.